The first-order chi connectivity index (χ1) is 11.0. The molecule has 2 rings (SSSR count). The molecule has 0 aromatic carbocycles. The number of nitrogens with one attached hydrogen (secondary N) is 2. The minimum absolute atomic E-state index is 0. The minimum Gasteiger partial charge on any atom is -0.370 e. The Morgan fingerprint density at radius 3 is 2.54 bits per heavy atom. The molecule has 1 heterocycles. The van der Waals surface area contributed by atoms with Crippen LogP contribution in [-0.2, 0) is 10.0 Å². The van der Waals surface area contributed by atoms with Crippen LogP contribution in [0.1, 0.15) is 43.4 Å². The molecule has 9 heteroatoms. The maximum Gasteiger partial charge on any atom is 0.250 e. The molecule has 1 aromatic heterocycles. The Hall–Kier alpha value is -0.390. The van der Waals surface area contributed by atoms with Gasteiger partial charge in [0.05, 0.1) is 6.54 Å². The monoisotopic (exact) mass is 486 g/mol. The Morgan fingerprint density at radius 2 is 1.96 bits per heavy atom. The largest absolute Gasteiger partial charge is 0.370 e. The van der Waals surface area contributed by atoms with E-state index in [1.54, 1.807) is 12.1 Å². The Morgan fingerprint density at radius 1 is 1.29 bits per heavy atom. The quantitative estimate of drug-likeness (QED) is 0.189. The molecule has 1 aliphatic rings. The van der Waals surface area contributed by atoms with Gasteiger partial charge in [-0.2, -0.15) is 0 Å². The van der Waals surface area contributed by atoms with E-state index in [1.165, 1.54) is 37.0 Å². The molecule has 0 saturated heterocycles. The average molecular weight is 486 g/mol. The van der Waals surface area contributed by atoms with Gasteiger partial charge < -0.3 is 11.1 Å². The number of hydrogen-bond acceptors (Lipinski definition) is 4. The second kappa shape index (κ2) is 10.6. The highest BCUT2D eigenvalue weighted by Crippen LogP contribution is 2.20. The van der Waals surface area contributed by atoms with Crippen LogP contribution < -0.4 is 15.8 Å². The number of aryl methyl sites for hydroxylation is 1. The number of hydrogen-bond donors (Lipinski definition) is 3. The van der Waals surface area contributed by atoms with Crippen molar-refractivity contribution in [3.05, 3.63) is 17.0 Å². The van der Waals surface area contributed by atoms with Crippen molar-refractivity contribution in [3.63, 3.8) is 0 Å². The van der Waals surface area contributed by atoms with Gasteiger partial charge in [0.15, 0.2) is 5.96 Å². The summed E-state index contributed by atoms with van der Waals surface area (Å²) in [5, 5.41) is 3.24. The van der Waals surface area contributed by atoms with Gasteiger partial charge in [-0.3, -0.25) is 4.99 Å². The number of aliphatic imine (C=N–C) groups is 1. The zero-order valence-electron chi connectivity index (χ0n) is 14.0. The summed E-state index contributed by atoms with van der Waals surface area (Å²) in [6.07, 6.45) is 7.29. The fraction of sp³-hybridized carbons (Fsp3) is 0.667. The van der Waals surface area contributed by atoms with Gasteiger partial charge in [-0.1, -0.05) is 25.7 Å². The summed E-state index contributed by atoms with van der Waals surface area (Å²) in [4.78, 5) is 5.18. The number of rotatable bonds is 6. The standard InChI is InChI=1S/C15H26N4O2S2.HI/c1-12-8-9-14(22-12)23(20,21)18-11-10-17-15(16)19-13-6-4-2-3-5-7-13;/h8-9,13,18H,2-7,10-11H2,1H3,(H3,16,17,19);1H. The van der Waals surface area contributed by atoms with E-state index in [-0.39, 0.29) is 30.5 Å². The van der Waals surface area contributed by atoms with Crippen LogP contribution in [0.2, 0.25) is 0 Å². The first-order valence-electron chi connectivity index (χ1n) is 8.10. The fourth-order valence-corrected chi connectivity index (χ4v) is 5.01. The van der Waals surface area contributed by atoms with Gasteiger partial charge >= 0.3 is 0 Å². The van der Waals surface area contributed by atoms with Gasteiger partial charge in [0.2, 0.25) is 10.0 Å². The van der Waals surface area contributed by atoms with Crippen molar-refractivity contribution in [1.82, 2.24) is 10.0 Å². The molecule has 1 aliphatic carbocycles. The molecule has 0 bridgehead atoms. The summed E-state index contributed by atoms with van der Waals surface area (Å²) in [6, 6.07) is 3.81. The van der Waals surface area contributed by atoms with Crippen LogP contribution in [0.3, 0.4) is 0 Å². The van der Waals surface area contributed by atoms with Gasteiger partial charge in [-0.15, -0.1) is 35.3 Å². The molecular weight excluding hydrogens is 459 g/mol. The molecule has 6 nitrogen and oxygen atoms in total. The summed E-state index contributed by atoms with van der Waals surface area (Å²) in [6.45, 7) is 2.45. The smallest absolute Gasteiger partial charge is 0.250 e. The van der Waals surface area contributed by atoms with Crippen molar-refractivity contribution in [2.75, 3.05) is 13.1 Å². The van der Waals surface area contributed by atoms with Crippen molar-refractivity contribution < 1.29 is 8.42 Å². The van der Waals surface area contributed by atoms with Crippen LogP contribution in [0.15, 0.2) is 21.3 Å². The first-order valence-corrected chi connectivity index (χ1v) is 10.4. The highest BCUT2D eigenvalue weighted by Gasteiger charge is 2.15. The van der Waals surface area contributed by atoms with Crippen LogP contribution in [0.4, 0.5) is 0 Å². The third-order valence-electron chi connectivity index (χ3n) is 3.87. The highest BCUT2D eigenvalue weighted by molar-refractivity contribution is 14.0. The van der Waals surface area contributed by atoms with Crippen molar-refractivity contribution in [3.8, 4) is 0 Å². The van der Waals surface area contributed by atoms with E-state index >= 15 is 0 Å². The van der Waals surface area contributed by atoms with Gasteiger partial charge in [0.1, 0.15) is 4.21 Å². The Bertz CT molecular complexity index is 623. The molecule has 0 spiro atoms. The summed E-state index contributed by atoms with van der Waals surface area (Å²) in [5.41, 5.74) is 5.88. The summed E-state index contributed by atoms with van der Waals surface area (Å²) in [7, 11) is -3.43. The van der Waals surface area contributed by atoms with E-state index in [1.807, 2.05) is 6.92 Å². The van der Waals surface area contributed by atoms with E-state index in [9.17, 15) is 8.42 Å². The molecule has 1 fully saturated rings. The SMILES string of the molecule is Cc1ccc(S(=O)(=O)NCCN=C(N)NC2CCCCCC2)s1.I. The van der Waals surface area contributed by atoms with Gasteiger partial charge in [0, 0.05) is 17.5 Å². The van der Waals surface area contributed by atoms with E-state index in [4.69, 9.17) is 5.73 Å². The summed E-state index contributed by atoms with van der Waals surface area (Å²) >= 11 is 1.26. The molecule has 138 valence electrons. The summed E-state index contributed by atoms with van der Waals surface area (Å²) < 4.78 is 27.0. The molecule has 1 aromatic rings. The highest BCUT2D eigenvalue weighted by atomic mass is 127. The fourth-order valence-electron chi connectivity index (χ4n) is 2.66. The van der Waals surface area contributed by atoms with Crippen LogP contribution in [0.5, 0.6) is 0 Å². The topological polar surface area (TPSA) is 96.6 Å². The molecule has 0 aliphatic heterocycles. The molecule has 1 saturated carbocycles. The molecule has 0 radical (unpaired) electrons. The predicted molar refractivity (Wildman–Crippen MR) is 111 cm³/mol. The maximum absolute atomic E-state index is 12.0. The number of nitrogens with zero attached hydrogens (tertiary/aromatic N) is 1. The Balaban J connectivity index is 0.00000288. The zero-order valence-corrected chi connectivity index (χ0v) is 17.9. The lowest BCUT2D eigenvalue weighted by atomic mass is 10.1. The van der Waals surface area contributed by atoms with Crippen LogP contribution in [0.25, 0.3) is 0 Å². The second-order valence-corrected chi connectivity index (χ2v) is 9.14. The maximum atomic E-state index is 12.0. The lowest BCUT2D eigenvalue weighted by Gasteiger charge is -2.16. The molecule has 0 atom stereocenters. The lowest BCUT2D eigenvalue weighted by molar-refractivity contribution is 0.530. The molecule has 0 unspecified atom stereocenters. The number of nitrogens with two attached hydrogens (primary N) is 1. The lowest BCUT2D eigenvalue weighted by Crippen LogP contribution is -2.40. The van der Waals surface area contributed by atoms with E-state index in [2.05, 4.69) is 15.0 Å². The van der Waals surface area contributed by atoms with Crippen molar-refractivity contribution in [2.45, 2.75) is 55.7 Å². The number of guanidine groups is 1. The van der Waals surface area contributed by atoms with Crippen LogP contribution in [-0.4, -0.2) is 33.5 Å². The number of sulfonamides is 1. The van der Waals surface area contributed by atoms with Gasteiger partial charge in [0.25, 0.3) is 0 Å². The Labute approximate surface area is 165 Å². The number of halogens is 1. The third-order valence-corrected chi connectivity index (χ3v) is 6.83. The molecule has 24 heavy (non-hydrogen) atoms. The van der Waals surface area contributed by atoms with Crippen molar-refractivity contribution >= 4 is 51.3 Å². The normalized spacial score (nSPS) is 17.1. The molecular formula is C15H27IN4O2S2. The van der Waals surface area contributed by atoms with Crippen molar-refractivity contribution in [1.29, 1.82) is 0 Å². The van der Waals surface area contributed by atoms with Gasteiger partial charge in [-0.05, 0) is 31.9 Å². The van der Waals surface area contributed by atoms with Gasteiger partial charge in [-0.25, -0.2) is 13.1 Å². The predicted octanol–water partition coefficient (Wildman–Crippen LogP) is 2.58. The summed E-state index contributed by atoms with van der Waals surface area (Å²) in [5.74, 6) is 0.406. The average Bonchev–Trinajstić information content (AvgIpc) is 2.79. The van der Waals surface area contributed by atoms with E-state index in [0.29, 0.717) is 22.8 Å². The van der Waals surface area contributed by atoms with Crippen molar-refractivity contribution in [2.24, 2.45) is 10.7 Å². The minimum atomic E-state index is -3.43. The van der Waals surface area contributed by atoms with Crippen LogP contribution in [0, 0.1) is 6.92 Å². The Kier molecular flexibility index (Phi) is 9.53. The third kappa shape index (κ3) is 7.24. The second-order valence-electron chi connectivity index (χ2n) is 5.86. The zero-order chi connectivity index (χ0) is 16.7. The first kappa shape index (κ1) is 21.7. The molecule has 0 amide bonds. The van der Waals surface area contributed by atoms with E-state index < -0.39 is 10.0 Å². The number of thiophene rings is 1. The van der Waals surface area contributed by atoms with E-state index in [0.717, 1.165) is 17.7 Å². The molecule has 4 N–H and O–H groups in total. The van der Waals surface area contributed by atoms with Crippen LogP contribution >= 0.6 is 35.3 Å².